The molecule has 0 aromatic rings. The lowest BCUT2D eigenvalue weighted by molar-refractivity contribution is -0.0346. The van der Waals surface area contributed by atoms with E-state index in [4.69, 9.17) is 16.3 Å². The van der Waals surface area contributed by atoms with Gasteiger partial charge in [-0.1, -0.05) is 0 Å². The van der Waals surface area contributed by atoms with Gasteiger partial charge in [-0.25, -0.2) is 0 Å². The molecule has 2 nitrogen and oxygen atoms in total. The standard InChI is InChI=1S/C9H14ClNO/c1-7(10)12-9-6-11-4-2-8(9)3-5-11/h8-9H,1-6H2/t9-/m0/s1. The number of halogens is 1. The summed E-state index contributed by atoms with van der Waals surface area (Å²) in [5.41, 5.74) is 0. The first-order valence-electron chi connectivity index (χ1n) is 4.49. The highest BCUT2D eigenvalue weighted by Crippen LogP contribution is 2.30. The first kappa shape index (κ1) is 8.39. The number of piperidine rings is 3. The van der Waals surface area contributed by atoms with Gasteiger partial charge in [0.05, 0.1) is 0 Å². The summed E-state index contributed by atoms with van der Waals surface area (Å²) < 4.78 is 5.45. The van der Waals surface area contributed by atoms with Crippen molar-refractivity contribution in [3.05, 3.63) is 11.8 Å². The Balaban J connectivity index is 1.95. The third-order valence-electron chi connectivity index (χ3n) is 2.88. The highest BCUT2D eigenvalue weighted by molar-refractivity contribution is 6.27. The molecule has 3 saturated heterocycles. The van der Waals surface area contributed by atoms with Crippen molar-refractivity contribution in [3.63, 3.8) is 0 Å². The Morgan fingerprint density at radius 1 is 1.42 bits per heavy atom. The summed E-state index contributed by atoms with van der Waals surface area (Å²) in [6.45, 7) is 7.07. The van der Waals surface area contributed by atoms with Crippen LogP contribution in [0.1, 0.15) is 12.8 Å². The van der Waals surface area contributed by atoms with Crippen LogP contribution in [0, 0.1) is 5.92 Å². The Morgan fingerprint density at radius 3 is 2.50 bits per heavy atom. The van der Waals surface area contributed by atoms with Crippen LogP contribution in [0.2, 0.25) is 0 Å². The molecule has 0 radical (unpaired) electrons. The summed E-state index contributed by atoms with van der Waals surface area (Å²) in [5, 5.41) is 0.341. The number of hydrogen-bond acceptors (Lipinski definition) is 2. The van der Waals surface area contributed by atoms with Crippen molar-refractivity contribution < 1.29 is 4.74 Å². The average Bonchev–Trinajstić information content (AvgIpc) is 2.05. The number of hydrogen-bond donors (Lipinski definition) is 0. The molecule has 0 unspecified atom stereocenters. The van der Waals surface area contributed by atoms with E-state index in [0.717, 1.165) is 6.54 Å². The van der Waals surface area contributed by atoms with Gasteiger partial charge >= 0.3 is 0 Å². The van der Waals surface area contributed by atoms with E-state index in [1.165, 1.54) is 25.9 Å². The molecule has 0 aromatic heterocycles. The van der Waals surface area contributed by atoms with Crippen molar-refractivity contribution in [1.82, 2.24) is 4.90 Å². The fraction of sp³-hybridized carbons (Fsp3) is 0.778. The van der Waals surface area contributed by atoms with Gasteiger partial charge < -0.3 is 4.74 Å². The second kappa shape index (κ2) is 3.27. The number of rotatable bonds is 2. The number of fused-ring (bicyclic) bond motifs is 3. The molecular weight excluding hydrogens is 174 g/mol. The topological polar surface area (TPSA) is 12.5 Å². The molecule has 3 rings (SSSR count). The summed E-state index contributed by atoms with van der Waals surface area (Å²) in [5.74, 6) is 0.713. The van der Waals surface area contributed by atoms with E-state index in [-0.39, 0.29) is 0 Å². The van der Waals surface area contributed by atoms with Crippen LogP contribution in [0.15, 0.2) is 11.8 Å². The molecule has 0 aliphatic carbocycles. The van der Waals surface area contributed by atoms with Gasteiger partial charge in [-0.2, -0.15) is 0 Å². The summed E-state index contributed by atoms with van der Waals surface area (Å²) in [7, 11) is 0. The largest absolute Gasteiger partial charge is 0.479 e. The van der Waals surface area contributed by atoms with Crippen LogP contribution in [0.25, 0.3) is 0 Å². The quantitative estimate of drug-likeness (QED) is 0.612. The third-order valence-corrected chi connectivity index (χ3v) is 2.96. The maximum atomic E-state index is 5.61. The molecule has 3 fully saturated rings. The first-order valence-corrected chi connectivity index (χ1v) is 4.87. The first-order chi connectivity index (χ1) is 5.75. The maximum absolute atomic E-state index is 5.61. The van der Waals surface area contributed by atoms with Crippen molar-refractivity contribution in [1.29, 1.82) is 0 Å². The normalized spacial score (nSPS) is 39.6. The van der Waals surface area contributed by atoms with E-state index < -0.39 is 0 Å². The number of nitrogens with zero attached hydrogens (tertiary/aromatic N) is 1. The van der Waals surface area contributed by atoms with Crippen molar-refractivity contribution in [3.8, 4) is 0 Å². The Morgan fingerprint density at radius 2 is 2.08 bits per heavy atom. The molecule has 3 aliphatic heterocycles. The fourth-order valence-corrected chi connectivity index (χ4v) is 2.32. The van der Waals surface area contributed by atoms with Crippen LogP contribution in [0.5, 0.6) is 0 Å². The molecule has 0 spiro atoms. The third kappa shape index (κ3) is 1.59. The molecule has 3 heteroatoms. The molecule has 3 aliphatic rings. The SMILES string of the molecule is C=C(Cl)O[C@H]1CN2CCC1CC2. The van der Waals surface area contributed by atoms with E-state index in [1.807, 2.05) is 0 Å². The summed E-state index contributed by atoms with van der Waals surface area (Å²) in [6, 6.07) is 0. The van der Waals surface area contributed by atoms with E-state index in [2.05, 4.69) is 11.5 Å². The Bertz CT molecular complexity index is 187. The highest BCUT2D eigenvalue weighted by atomic mass is 35.5. The van der Waals surface area contributed by atoms with Gasteiger partial charge in [-0.3, -0.25) is 4.90 Å². The Kier molecular flexibility index (Phi) is 2.28. The lowest BCUT2D eigenvalue weighted by atomic mass is 9.86. The van der Waals surface area contributed by atoms with Crippen LogP contribution < -0.4 is 0 Å². The van der Waals surface area contributed by atoms with Gasteiger partial charge in [0.25, 0.3) is 0 Å². The highest BCUT2D eigenvalue weighted by Gasteiger charge is 2.35. The Labute approximate surface area is 78.1 Å². The molecule has 2 bridgehead atoms. The zero-order chi connectivity index (χ0) is 8.55. The maximum Gasteiger partial charge on any atom is 0.179 e. The molecular formula is C9H14ClNO. The van der Waals surface area contributed by atoms with Crippen LogP contribution in [-0.2, 0) is 4.74 Å². The molecule has 3 heterocycles. The van der Waals surface area contributed by atoms with Crippen molar-refractivity contribution >= 4 is 11.6 Å². The minimum absolute atomic E-state index is 0.303. The van der Waals surface area contributed by atoms with E-state index in [0.29, 0.717) is 17.2 Å². The zero-order valence-electron chi connectivity index (χ0n) is 7.13. The van der Waals surface area contributed by atoms with Gasteiger partial charge in [-0.05, 0) is 50.0 Å². The van der Waals surface area contributed by atoms with Crippen LogP contribution >= 0.6 is 11.6 Å². The van der Waals surface area contributed by atoms with Crippen molar-refractivity contribution in [2.75, 3.05) is 19.6 Å². The summed E-state index contributed by atoms with van der Waals surface area (Å²) in [6.07, 6.45) is 2.82. The van der Waals surface area contributed by atoms with Gasteiger partial charge in [0.1, 0.15) is 6.10 Å². The molecule has 0 saturated carbocycles. The smallest absolute Gasteiger partial charge is 0.179 e. The van der Waals surface area contributed by atoms with Gasteiger partial charge in [-0.15, -0.1) is 0 Å². The average molecular weight is 188 g/mol. The second-order valence-corrected chi connectivity index (χ2v) is 4.07. The lowest BCUT2D eigenvalue weighted by Gasteiger charge is -2.44. The monoisotopic (exact) mass is 187 g/mol. The predicted octanol–water partition coefficient (Wildman–Crippen LogP) is 1.81. The van der Waals surface area contributed by atoms with Crippen LogP contribution in [0.3, 0.4) is 0 Å². The minimum atomic E-state index is 0.303. The molecule has 12 heavy (non-hydrogen) atoms. The van der Waals surface area contributed by atoms with E-state index in [1.54, 1.807) is 0 Å². The molecule has 68 valence electrons. The predicted molar refractivity (Wildman–Crippen MR) is 49.0 cm³/mol. The molecule has 0 aromatic carbocycles. The molecule has 1 atom stereocenters. The van der Waals surface area contributed by atoms with E-state index >= 15 is 0 Å². The number of ether oxygens (including phenoxy) is 1. The van der Waals surface area contributed by atoms with Gasteiger partial charge in [0.15, 0.2) is 5.22 Å². The lowest BCUT2D eigenvalue weighted by Crippen LogP contribution is -2.51. The van der Waals surface area contributed by atoms with Crippen molar-refractivity contribution in [2.45, 2.75) is 18.9 Å². The second-order valence-electron chi connectivity index (χ2n) is 3.65. The van der Waals surface area contributed by atoms with Gasteiger partial charge in [0, 0.05) is 6.54 Å². The van der Waals surface area contributed by atoms with Gasteiger partial charge in [0.2, 0.25) is 0 Å². The molecule has 0 amide bonds. The summed E-state index contributed by atoms with van der Waals surface area (Å²) >= 11 is 5.61. The molecule has 0 N–H and O–H groups in total. The fourth-order valence-electron chi connectivity index (χ4n) is 2.21. The summed E-state index contributed by atoms with van der Waals surface area (Å²) in [4.78, 5) is 2.44. The van der Waals surface area contributed by atoms with Crippen LogP contribution in [0.4, 0.5) is 0 Å². The minimum Gasteiger partial charge on any atom is -0.479 e. The zero-order valence-corrected chi connectivity index (χ0v) is 7.89. The van der Waals surface area contributed by atoms with E-state index in [9.17, 15) is 0 Å². The van der Waals surface area contributed by atoms with Crippen molar-refractivity contribution in [2.24, 2.45) is 5.92 Å². The Hall–Kier alpha value is -0.210. The van der Waals surface area contributed by atoms with Crippen LogP contribution in [-0.4, -0.2) is 30.6 Å².